The van der Waals surface area contributed by atoms with E-state index >= 15 is 0 Å². The smallest absolute Gasteiger partial charge is 0.245 e. The summed E-state index contributed by atoms with van der Waals surface area (Å²) in [7, 11) is 1.57. The maximum Gasteiger partial charge on any atom is 0.245 e. The predicted molar refractivity (Wildman–Crippen MR) is 114 cm³/mol. The molecular weight excluding hydrogens is 366 g/mol. The van der Waals surface area contributed by atoms with Crippen LogP contribution in [0.2, 0.25) is 0 Å². The van der Waals surface area contributed by atoms with Crippen molar-refractivity contribution >= 4 is 23.4 Å². The number of likely N-dealkylation sites (N-methyl/N-ethyl adjacent to an activating group) is 1. The predicted octanol–water partition coefficient (Wildman–Crippen LogP) is 2.78. The zero-order valence-corrected chi connectivity index (χ0v) is 17.4. The molecule has 0 fully saturated rings. The van der Waals surface area contributed by atoms with E-state index in [9.17, 15) is 14.4 Å². The van der Waals surface area contributed by atoms with E-state index in [1.807, 2.05) is 75.4 Å². The lowest BCUT2D eigenvalue weighted by molar-refractivity contribution is -0.138. The van der Waals surface area contributed by atoms with Crippen LogP contribution >= 0.6 is 0 Å². The Bertz CT molecular complexity index is 832. The molecule has 1 atom stereocenters. The third-order valence-electron chi connectivity index (χ3n) is 4.55. The summed E-state index contributed by atoms with van der Waals surface area (Å²) in [6, 6.07) is 16.1. The number of nitrogens with one attached hydrogen (secondary N) is 2. The lowest BCUT2D eigenvalue weighted by Gasteiger charge is -2.27. The number of carbonyl (C=O) groups excluding carboxylic acids is 3. The topological polar surface area (TPSA) is 78.5 Å². The van der Waals surface area contributed by atoms with Gasteiger partial charge in [-0.2, -0.15) is 0 Å². The Labute approximate surface area is 172 Å². The first-order chi connectivity index (χ1) is 13.8. The Balaban J connectivity index is 1.93. The fourth-order valence-electron chi connectivity index (χ4n) is 2.89. The number of anilines is 1. The van der Waals surface area contributed by atoms with Crippen LogP contribution in [0.4, 0.5) is 5.69 Å². The summed E-state index contributed by atoms with van der Waals surface area (Å²) < 4.78 is 0. The van der Waals surface area contributed by atoms with Gasteiger partial charge >= 0.3 is 0 Å². The molecule has 0 aliphatic carbocycles. The zero-order valence-electron chi connectivity index (χ0n) is 17.4. The quantitative estimate of drug-likeness (QED) is 0.721. The van der Waals surface area contributed by atoms with Gasteiger partial charge < -0.3 is 15.5 Å². The molecule has 29 heavy (non-hydrogen) atoms. The molecule has 2 aromatic rings. The minimum Gasteiger partial charge on any atom is -0.344 e. The Hall–Kier alpha value is -3.15. The third kappa shape index (κ3) is 7.07. The lowest BCUT2D eigenvalue weighted by Crippen LogP contribution is -2.51. The Morgan fingerprint density at radius 2 is 1.55 bits per heavy atom. The van der Waals surface area contributed by atoms with Crippen molar-refractivity contribution in [3.8, 4) is 0 Å². The van der Waals surface area contributed by atoms with Crippen molar-refractivity contribution in [1.82, 2.24) is 10.2 Å². The number of rotatable bonds is 8. The molecule has 2 aromatic carbocycles. The number of carbonyl (C=O) groups is 3. The lowest BCUT2D eigenvalue weighted by atomic mass is 10.0. The average Bonchev–Trinajstić information content (AvgIpc) is 2.68. The van der Waals surface area contributed by atoms with E-state index in [-0.39, 0.29) is 36.6 Å². The SMILES string of the molecule is Cc1ccc(NC(=O)CN(C)C(=O)C(NC(=O)Cc2ccccc2)C(C)C)cc1. The zero-order chi connectivity index (χ0) is 21.4. The van der Waals surface area contributed by atoms with Crippen molar-refractivity contribution < 1.29 is 14.4 Å². The second-order valence-electron chi connectivity index (χ2n) is 7.56. The summed E-state index contributed by atoms with van der Waals surface area (Å²) in [6.07, 6.45) is 0.203. The Kier molecular flexibility index (Phi) is 7.95. The molecule has 6 nitrogen and oxygen atoms in total. The summed E-state index contributed by atoms with van der Waals surface area (Å²) in [5.74, 6) is -0.908. The van der Waals surface area contributed by atoms with E-state index in [4.69, 9.17) is 0 Å². The molecule has 2 N–H and O–H groups in total. The normalized spacial score (nSPS) is 11.6. The fourth-order valence-corrected chi connectivity index (χ4v) is 2.89. The third-order valence-corrected chi connectivity index (χ3v) is 4.55. The maximum absolute atomic E-state index is 12.8. The van der Waals surface area contributed by atoms with Gasteiger partial charge in [-0.3, -0.25) is 14.4 Å². The molecule has 0 saturated heterocycles. The molecule has 0 aliphatic heterocycles. The van der Waals surface area contributed by atoms with Crippen LogP contribution in [-0.2, 0) is 20.8 Å². The van der Waals surface area contributed by atoms with Crippen LogP contribution in [0.15, 0.2) is 54.6 Å². The van der Waals surface area contributed by atoms with Crippen molar-refractivity contribution in [2.24, 2.45) is 5.92 Å². The van der Waals surface area contributed by atoms with Gasteiger partial charge in [-0.25, -0.2) is 0 Å². The van der Waals surface area contributed by atoms with Crippen molar-refractivity contribution in [3.05, 3.63) is 65.7 Å². The van der Waals surface area contributed by atoms with Crippen LogP contribution in [0.25, 0.3) is 0 Å². The highest BCUT2D eigenvalue weighted by atomic mass is 16.2. The summed E-state index contributed by atoms with van der Waals surface area (Å²) in [5, 5.41) is 5.59. The van der Waals surface area contributed by atoms with Gasteiger partial charge in [0.2, 0.25) is 17.7 Å². The minimum atomic E-state index is -0.691. The highest BCUT2D eigenvalue weighted by Gasteiger charge is 2.27. The van der Waals surface area contributed by atoms with Crippen molar-refractivity contribution in [1.29, 1.82) is 0 Å². The molecule has 154 valence electrons. The molecule has 2 rings (SSSR count). The van der Waals surface area contributed by atoms with Gasteiger partial charge in [0.15, 0.2) is 0 Å². The largest absolute Gasteiger partial charge is 0.344 e. The molecule has 0 aromatic heterocycles. The van der Waals surface area contributed by atoms with Gasteiger partial charge in [-0.05, 0) is 30.5 Å². The Morgan fingerprint density at radius 3 is 2.14 bits per heavy atom. The van der Waals surface area contributed by atoms with Gasteiger partial charge in [-0.1, -0.05) is 61.9 Å². The molecule has 0 bridgehead atoms. The second-order valence-corrected chi connectivity index (χ2v) is 7.56. The van der Waals surface area contributed by atoms with Crippen LogP contribution in [0.1, 0.15) is 25.0 Å². The number of aryl methyl sites for hydroxylation is 1. The number of amides is 3. The van der Waals surface area contributed by atoms with Crippen LogP contribution in [0.5, 0.6) is 0 Å². The molecule has 0 aliphatic rings. The van der Waals surface area contributed by atoms with E-state index in [2.05, 4.69) is 10.6 Å². The van der Waals surface area contributed by atoms with Gasteiger partial charge in [0.05, 0.1) is 13.0 Å². The van der Waals surface area contributed by atoms with Crippen LogP contribution in [0, 0.1) is 12.8 Å². The van der Waals surface area contributed by atoms with E-state index in [0.29, 0.717) is 5.69 Å². The number of nitrogens with zero attached hydrogens (tertiary/aromatic N) is 1. The molecule has 0 heterocycles. The van der Waals surface area contributed by atoms with Gasteiger partial charge in [0.1, 0.15) is 6.04 Å². The van der Waals surface area contributed by atoms with Crippen molar-refractivity contribution in [3.63, 3.8) is 0 Å². The molecule has 6 heteroatoms. The van der Waals surface area contributed by atoms with Crippen LogP contribution in [0.3, 0.4) is 0 Å². The molecule has 0 radical (unpaired) electrons. The molecule has 0 saturated carbocycles. The van der Waals surface area contributed by atoms with Gasteiger partial charge in [0.25, 0.3) is 0 Å². The summed E-state index contributed by atoms with van der Waals surface area (Å²) >= 11 is 0. The molecule has 3 amide bonds. The highest BCUT2D eigenvalue weighted by Crippen LogP contribution is 2.10. The summed E-state index contributed by atoms with van der Waals surface area (Å²) in [4.78, 5) is 38.8. The molecule has 0 spiro atoms. The number of hydrogen-bond donors (Lipinski definition) is 2. The van der Waals surface area contributed by atoms with Crippen molar-refractivity contribution in [2.75, 3.05) is 18.9 Å². The number of benzene rings is 2. The number of hydrogen-bond acceptors (Lipinski definition) is 3. The summed E-state index contributed by atoms with van der Waals surface area (Å²) in [6.45, 7) is 5.61. The first-order valence-corrected chi connectivity index (χ1v) is 9.71. The van der Waals surface area contributed by atoms with Crippen LogP contribution in [-0.4, -0.2) is 42.3 Å². The average molecular weight is 396 g/mol. The highest BCUT2D eigenvalue weighted by molar-refractivity contribution is 5.96. The summed E-state index contributed by atoms with van der Waals surface area (Å²) in [5.41, 5.74) is 2.66. The molecule has 1 unspecified atom stereocenters. The second kappa shape index (κ2) is 10.4. The maximum atomic E-state index is 12.8. The monoisotopic (exact) mass is 395 g/mol. The van der Waals surface area contributed by atoms with Crippen molar-refractivity contribution in [2.45, 2.75) is 33.2 Å². The van der Waals surface area contributed by atoms with E-state index in [1.54, 1.807) is 7.05 Å². The van der Waals surface area contributed by atoms with Gasteiger partial charge in [-0.15, -0.1) is 0 Å². The first-order valence-electron chi connectivity index (χ1n) is 9.71. The van der Waals surface area contributed by atoms with Gasteiger partial charge in [0, 0.05) is 12.7 Å². The standard InChI is InChI=1S/C23H29N3O3/c1-16(2)22(25-20(27)14-18-8-6-5-7-9-18)23(29)26(4)15-21(28)24-19-12-10-17(3)11-13-19/h5-13,16,22H,14-15H2,1-4H3,(H,24,28)(H,25,27). The van der Waals surface area contributed by atoms with E-state index in [1.165, 1.54) is 4.90 Å². The fraction of sp³-hybridized carbons (Fsp3) is 0.348. The first kappa shape index (κ1) is 22.1. The Morgan fingerprint density at radius 1 is 0.931 bits per heavy atom. The van der Waals surface area contributed by atoms with E-state index < -0.39 is 6.04 Å². The molecular formula is C23H29N3O3. The van der Waals surface area contributed by atoms with E-state index in [0.717, 1.165) is 11.1 Å². The minimum absolute atomic E-state index is 0.0928. The van der Waals surface area contributed by atoms with Crippen LogP contribution < -0.4 is 10.6 Å².